The van der Waals surface area contributed by atoms with Crippen molar-refractivity contribution in [3.63, 3.8) is 0 Å². The van der Waals surface area contributed by atoms with E-state index in [1.807, 2.05) is 17.0 Å². The van der Waals surface area contributed by atoms with Crippen LogP contribution in [0.3, 0.4) is 0 Å². The van der Waals surface area contributed by atoms with E-state index in [9.17, 15) is 20.0 Å². The lowest BCUT2D eigenvalue weighted by Gasteiger charge is -2.36. The van der Waals surface area contributed by atoms with Gasteiger partial charge >= 0.3 is 0 Å². The quantitative estimate of drug-likeness (QED) is 0.644. The van der Waals surface area contributed by atoms with Gasteiger partial charge in [-0.2, -0.15) is 0 Å². The Morgan fingerprint density at radius 3 is 2.46 bits per heavy atom. The highest BCUT2D eigenvalue weighted by molar-refractivity contribution is 5.96. The molecule has 0 aromatic heterocycles. The fraction of sp³-hybridized carbons (Fsp3) is 0.278. The first-order valence-corrected chi connectivity index (χ1v) is 8.29. The predicted molar refractivity (Wildman–Crippen MR) is 98.9 cm³/mol. The van der Waals surface area contributed by atoms with E-state index in [1.165, 1.54) is 6.07 Å². The summed E-state index contributed by atoms with van der Waals surface area (Å²) in [5, 5.41) is 23.9. The van der Waals surface area contributed by atoms with Gasteiger partial charge in [-0.25, -0.2) is 0 Å². The molecule has 8 heteroatoms. The molecule has 0 bridgehead atoms. The third kappa shape index (κ3) is 3.39. The third-order valence-corrected chi connectivity index (χ3v) is 4.50. The van der Waals surface area contributed by atoms with Crippen LogP contribution in [0.4, 0.5) is 17.1 Å². The monoisotopic (exact) mass is 356 g/mol. The van der Waals surface area contributed by atoms with E-state index < -0.39 is 4.92 Å². The molecule has 0 saturated carbocycles. The van der Waals surface area contributed by atoms with Gasteiger partial charge in [0.25, 0.3) is 11.6 Å². The van der Waals surface area contributed by atoms with E-state index in [4.69, 9.17) is 0 Å². The predicted octanol–water partition coefficient (Wildman–Crippen LogP) is 2.30. The highest BCUT2D eigenvalue weighted by Gasteiger charge is 2.25. The maximum absolute atomic E-state index is 12.7. The number of nitrogens with one attached hydrogen (secondary N) is 1. The Hall–Kier alpha value is -3.29. The summed E-state index contributed by atoms with van der Waals surface area (Å²) in [5.41, 5.74) is 1.29. The van der Waals surface area contributed by atoms with Gasteiger partial charge in [-0.15, -0.1) is 0 Å². The summed E-state index contributed by atoms with van der Waals surface area (Å²) in [6.07, 6.45) is 0. The van der Waals surface area contributed by atoms with E-state index >= 15 is 0 Å². The number of hydrogen-bond donors (Lipinski definition) is 2. The van der Waals surface area contributed by atoms with Gasteiger partial charge in [0.05, 0.1) is 10.6 Å². The Balaban J connectivity index is 1.72. The minimum atomic E-state index is -0.501. The summed E-state index contributed by atoms with van der Waals surface area (Å²) >= 11 is 0. The van der Waals surface area contributed by atoms with Crippen molar-refractivity contribution in [1.29, 1.82) is 0 Å². The van der Waals surface area contributed by atoms with E-state index in [0.717, 1.165) is 5.69 Å². The minimum Gasteiger partial charge on any atom is -0.506 e. The molecule has 1 amide bonds. The van der Waals surface area contributed by atoms with Gasteiger partial charge in [-0.05, 0) is 24.3 Å². The number of aromatic hydroxyl groups is 1. The van der Waals surface area contributed by atoms with Crippen molar-refractivity contribution in [2.75, 3.05) is 43.4 Å². The van der Waals surface area contributed by atoms with Crippen LogP contribution in [0.15, 0.2) is 42.5 Å². The fourth-order valence-electron chi connectivity index (χ4n) is 3.09. The molecule has 2 aromatic rings. The first-order chi connectivity index (χ1) is 12.5. The second-order valence-corrected chi connectivity index (χ2v) is 6.01. The van der Waals surface area contributed by atoms with Gasteiger partial charge in [0.1, 0.15) is 11.4 Å². The van der Waals surface area contributed by atoms with Gasteiger partial charge in [-0.1, -0.05) is 12.1 Å². The second kappa shape index (κ2) is 7.30. The summed E-state index contributed by atoms with van der Waals surface area (Å²) < 4.78 is 0. The average Bonchev–Trinajstić information content (AvgIpc) is 2.67. The Morgan fingerprint density at radius 2 is 1.85 bits per heavy atom. The number of rotatable bonds is 4. The summed E-state index contributed by atoms with van der Waals surface area (Å²) in [4.78, 5) is 27.1. The molecule has 0 spiro atoms. The molecule has 26 heavy (non-hydrogen) atoms. The number of phenols is 1. The summed E-state index contributed by atoms with van der Waals surface area (Å²) in [6, 6.07) is 11.5. The zero-order valence-electron chi connectivity index (χ0n) is 14.4. The number of phenolic OH excluding ortho intramolecular Hbond substituents is 1. The zero-order valence-corrected chi connectivity index (χ0v) is 14.4. The number of anilines is 2. The second-order valence-electron chi connectivity index (χ2n) is 6.01. The van der Waals surface area contributed by atoms with Crippen molar-refractivity contribution in [2.45, 2.75) is 0 Å². The molecular weight excluding hydrogens is 336 g/mol. The zero-order chi connectivity index (χ0) is 18.7. The largest absolute Gasteiger partial charge is 0.506 e. The van der Waals surface area contributed by atoms with E-state index in [-0.39, 0.29) is 17.3 Å². The molecule has 1 aliphatic rings. The van der Waals surface area contributed by atoms with Crippen molar-refractivity contribution in [3.8, 4) is 5.75 Å². The molecule has 136 valence electrons. The van der Waals surface area contributed by atoms with Crippen LogP contribution in [-0.4, -0.2) is 54.1 Å². The van der Waals surface area contributed by atoms with Crippen LogP contribution < -0.4 is 10.2 Å². The fourth-order valence-corrected chi connectivity index (χ4v) is 3.09. The average molecular weight is 356 g/mol. The first kappa shape index (κ1) is 17.5. The molecular formula is C18H20N4O4. The van der Waals surface area contributed by atoms with Crippen LogP contribution >= 0.6 is 0 Å². The summed E-state index contributed by atoms with van der Waals surface area (Å²) in [5.74, 6) is -0.0155. The van der Waals surface area contributed by atoms with Crippen LogP contribution in [0.2, 0.25) is 0 Å². The third-order valence-electron chi connectivity index (χ3n) is 4.50. The number of nitro benzene ring substituents is 1. The highest BCUT2D eigenvalue weighted by Crippen LogP contribution is 2.28. The van der Waals surface area contributed by atoms with Gasteiger partial charge < -0.3 is 20.2 Å². The van der Waals surface area contributed by atoms with Crippen LogP contribution in [0, 0.1) is 10.1 Å². The molecule has 2 N–H and O–H groups in total. The molecule has 8 nitrogen and oxygen atoms in total. The number of nitrogens with zero attached hydrogens (tertiary/aromatic N) is 3. The number of piperazine rings is 1. The lowest BCUT2D eigenvalue weighted by molar-refractivity contribution is -0.384. The molecule has 1 saturated heterocycles. The molecule has 2 aromatic carbocycles. The Morgan fingerprint density at radius 1 is 1.15 bits per heavy atom. The number of benzene rings is 2. The van der Waals surface area contributed by atoms with Crippen molar-refractivity contribution in [3.05, 3.63) is 58.1 Å². The molecule has 1 aliphatic heterocycles. The lowest BCUT2D eigenvalue weighted by atomic mass is 10.1. The number of carbonyl (C=O) groups is 1. The van der Waals surface area contributed by atoms with Crippen LogP contribution in [-0.2, 0) is 0 Å². The van der Waals surface area contributed by atoms with Crippen LogP contribution in [0.5, 0.6) is 5.75 Å². The van der Waals surface area contributed by atoms with Crippen LogP contribution in [0.1, 0.15) is 10.4 Å². The van der Waals surface area contributed by atoms with Crippen LogP contribution in [0.25, 0.3) is 0 Å². The van der Waals surface area contributed by atoms with E-state index in [2.05, 4.69) is 5.32 Å². The van der Waals surface area contributed by atoms with Crippen molar-refractivity contribution in [1.82, 2.24) is 4.90 Å². The summed E-state index contributed by atoms with van der Waals surface area (Å²) in [7, 11) is 1.60. The molecule has 0 aliphatic carbocycles. The maximum atomic E-state index is 12.7. The number of para-hydroxylation sites is 2. The molecule has 1 heterocycles. The lowest BCUT2D eigenvalue weighted by Crippen LogP contribution is -2.48. The first-order valence-electron chi connectivity index (χ1n) is 8.29. The highest BCUT2D eigenvalue weighted by atomic mass is 16.6. The molecule has 3 rings (SSSR count). The molecule has 0 radical (unpaired) electrons. The maximum Gasteiger partial charge on any atom is 0.293 e. The normalized spacial score (nSPS) is 14.2. The van der Waals surface area contributed by atoms with Gasteiger partial charge in [0, 0.05) is 44.9 Å². The Bertz CT molecular complexity index is 832. The number of amides is 1. The topological polar surface area (TPSA) is 99.0 Å². The number of hydrogen-bond acceptors (Lipinski definition) is 6. The molecule has 1 fully saturated rings. The standard InChI is InChI=1S/C18H20N4O4/c1-19-14-7-6-13(12-16(14)22(25)26)18(24)21-10-8-20(9-11-21)15-4-2-3-5-17(15)23/h2-7,12,19,23H,8-11H2,1H3. The van der Waals surface area contributed by atoms with E-state index in [0.29, 0.717) is 37.4 Å². The van der Waals surface area contributed by atoms with Crippen molar-refractivity contribution in [2.24, 2.45) is 0 Å². The Labute approximate surface area is 150 Å². The van der Waals surface area contributed by atoms with Gasteiger partial charge in [0.15, 0.2) is 0 Å². The Kier molecular flexibility index (Phi) is 4.92. The summed E-state index contributed by atoms with van der Waals surface area (Å²) in [6.45, 7) is 2.13. The minimum absolute atomic E-state index is 0.119. The van der Waals surface area contributed by atoms with Crippen molar-refractivity contribution < 1.29 is 14.8 Å². The van der Waals surface area contributed by atoms with Crippen molar-refractivity contribution >= 4 is 23.0 Å². The molecule has 0 unspecified atom stereocenters. The SMILES string of the molecule is CNc1ccc(C(=O)N2CCN(c3ccccc3O)CC2)cc1[N+](=O)[O-]. The van der Waals surface area contributed by atoms with Gasteiger partial charge in [-0.3, -0.25) is 14.9 Å². The van der Waals surface area contributed by atoms with E-state index in [1.54, 1.807) is 36.2 Å². The molecule has 0 atom stereocenters. The number of nitro groups is 1. The number of carbonyl (C=O) groups excluding carboxylic acids is 1. The smallest absolute Gasteiger partial charge is 0.293 e. The van der Waals surface area contributed by atoms with Gasteiger partial charge in [0.2, 0.25) is 0 Å².